The summed E-state index contributed by atoms with van der Waals surface area (Å²) in [4.78, 5) is 11.3. The first-order chi connectivity index (χ1) is 7.75. The molecule has 0 heterocycles. The number of ether oxygens (including phenoxy) is 2. The fourth-order valence-corrected chi connectivity index (χ4v) is 1.40. The van der Waals surface area contributed by atoms with Gasteiger partial charge in [0.1, 0.15) is 0 Å². The minimum absolute atomic E-state index is 0.124. The van der Waals surface area contributed by atoms with Crippen molar-refractivity contribution in [3.05, 3.63) is 35.9 Å². The molecule has 1 aliphatic carbocycles. The number of rotatable bonds is 5. The lowest BCUT2D eigenvalue weighted by Gasteiger charge is -2.13. The molecule has 0 N–H and O–H groups in total. The van der Waals surface area contributed by atoms with E-state index >= 15 is 0 Å². The zero-order chi connectivity index (χ0) is 11.4. The molecule has 1 aromatic rings. The second kappa shape index (κ2) is 5.12. The maximum atomic E-state index is 11.3. The van der Waals surface area contributed by atoms with Gasteiger partial charge < -0.3 is 9.47 Å². The largest absolute Gasteiger partial charge is 0.436 e. The number of esters is 1. The van der Waals surface area contributed by atoms with Crippen LogP contribution in [-0.4, -0.2) is 12.3 Å². The van der Waals surface area contributed by atoms with Crippen molar-refractivity contribution in [3.8, 4) is 0 Å². The molecule has 3 nitrogen and oxygen atoms in total. The Labute approximate surface area is 95.4 Å². The van der Waals surface area contributed by atoms with Crippen LogP contribution >= 0.6 is 0 Å². The summed E-state index contributed by atoms with van der Waals surface area (Å²) in [6, 6.07) is 9.84. The fraction of sp³-hybridized carbons (Fsp3) is 0.462. The van der Waals surface area contributed by atoms with Crippen molar-refractivity contribution in [1.82, 2.24) is 0 Å². The van der Waals surface area contributed by atoms with E-state index in [4.69, 9.17) is 9.47 Å². The van der Waals surface area contributed by atoms with Crippen LogP contribution in [0.1, 0.15) is 25.3 Å². The molecule has 0 spiro atoms. The van der Waals surface area contributed by atoms with E-state index in [-0.39, 0.29) is 11.9 Å². The van der Waals surface area contributed by atoms with Gasteiger partial charge >= 0.3 is 5.97 Å². The molecule has 1 aromatic carbocycles. The molecular weight excluding hydrogens is 204 g/mol. The molecule has 0 saturated heterocycles. The molecular formula is C13H16O3. The van der Waals surface area contributed by atoms with Gasteiger partial charge in [0.2, 0.25) is 0 Å². The molecule has 0 radical (unpaired) electrons. The summed E-state index contributed by atoms with van der Waals surface area (Å²) in [5.41, 5.74) is 1.08. The molecule has 0 unspecified atom stereocenters. The minimum Gasteiger partial charge on any atom is -0.436 e. The molecule has 0 bridgehead atoms. The molecule has 1 fully saturated rings. The molecule has 1 saturated carbocycles. The lowest BCUT2D eigenvalue weighted by molar-refractivity contribution is -0.178. The van der Waals surface area contributed by atoms with E-state index in [1.54, 1.807) is 6.92 Å². The molecule has 1 atom stereocenters. The number of benzene rings is 1. The van der Waals surface area contributed by atoms with Crippen molar-refractivity contribution >= 4 is 5.97 Å². The van der Waals surface area contributed by atoms with Gasteiger partial charge in [-0.25, -0.2) is 0 Å². The van der Waals surface area contributed by atoms with E-state index in [0.29, 0.717) is 6.61 Å². The highest BCUT2D eigenvalue weighted by Gasteiger charge is 2.32. The van der Waals surface area contributed by atoms with Crippen molar-refractivity contribution in [3.63, 3.8) is 0 Å². The van der Waals surface area contributed by atoms with Gasteiger partial charge in [-0.1, -0.05) is 30.3 Å². The average molecular weight is 220 g/mol. The predicted molar refractivity (Wildman–Crippen MR) is 59.5 cm³/mol. The van der Waals surface area contributed by atoms with Crippen LogP contribution in [0.5, 0.6) is 0 Å². The zero-order valence-corrected chi connectivity index (χ0v) is 9.39. The highest BCUT2D eigenvalue weighted by molar-refractivity contribution is 5.74. The number of carbonyl (C=O) groups is 1. The van der Waals surface area contributed by atoms with Crippen LogP contribution in [0.25, 0.3) is 0 Å². The quantitative estimate of drug-likeness (QED) is 0.565. The van der Waals surface area contributed by atoms with Gasteiger partial charge in [-0.05, 0) is 25.3 Å². The SMILES string of the molecule is C[C@H](OCc1ccccc1)OC(=O)C1CC1. The Morgan fingerprint density at radius 2 is 2.06 bits per heavy atom. The summed E-state index contributed by atoms with van der Waals surface area (Å²) in [5, 5.41) is 0. The van der Waals surface area contributed by atoms with Crippen LogP contribution in [0.15, 0.2) is 30.3 Å². The first-order valence-corrected chi connectivity index (χ1v) is 5.62. The normalized spacial score (nSPS) is 16.8. The lowest BCUT2D eigenvalue weighted by Crippen LogP contribution is -2.19. The lowest BCUT2D eigenvalue weighted by atomic mass is 10.2. The van der Waals surface area contributed by atoms with E-state index in [1.807, 2.05) is 30.3 Å². The predicted octanol–water partition coefficient (Wildman–Crippen LogP) is 2.50. The van der Waals surface area contributed by atoms with Gasteiger partial charge in [-0.15, -0.1) is 0 Å². The molecule has 1 aliphatic rings. The van der Waals surface area contributed by atoms with Crippen LogP contribution in [0.4, 0.5) is 0 Å². The van der Waals surface area contributed by atoms with Gasteiger partial charge in [0.25, 0.3) is 0 Å². The second-order valence-electron chi connectivity index (χ2n) is 4.08. The Bertz CT molecular complexity index is 343. The summed E-state index contributed by atoms with van der Waals surface area (Å²) in [5.74, 6) is 0.00309. The molecule has 86 valence electrons. The summed E-state index contributed by atoms with van der Waals surface area (Å²) in [6.45, 7) is 2.23. The highest BCUT2D eigenvalue weighted by Crippen LogP contribution is 2.30. The van der Waals surface area contributed by atoms with Crippen LogP contribution in [0, 0.1) is 5.92 Å². The van der Waals surface area contributed by atoms with Gasteiger partial charge in [0, 0.05) is 0 Å². The highest BCUT2D eigenvalue weighted by atomic mass is 16.7. The minimum atomic E-state index is -0.465. The van der Waals surface area contributed by atoms with Crippen LogP contribution < -0.4 is 0 Å². The number of hydrogen-bond acceptors (Lipinski definition) is 3. The first-order valence-electron chi connectivity index (χ1n) is 5.62. The monoisotopic (exact) mass is 220 g/mol. The maximum Gasteiger partial charge on any atom is 0.311 e. The van der Waals surface area contributed by atoms with Gasteiger partial charge in [-0.3, -0.25) is 4.79 Å². The standard InChI is InChI=1S/C13H16O3/c1-10(16-13(14)12-7-8-12)15-9-11-5-3-2-4-6-11/h2-6,10,12H,7-9H2,1H3/t10-/m1/s1. The Hall–Kier alpha value is -1.35. The third-order valence-electron chi connectivity index (χ3n) is 2.52. The summed E-state index contributed by atoms with van der Waals surface area (Å²) < 4.78 is 10.6. The number of hydrogen-bond donors (Lipinski definition) is 0. The molecule has 0 amide bonds. The molecule has 2 rings (SSSR count). The van der Waals surface area contributed by atoms with Crippen molar-refractivity contribution in [2.45, 2.75) is 32.7 Å². The van der Waals surface area contributed by atoms with Crippen molar-refractivity contribution in [2.75, 3.05) is 0 Å². The van der Waals surface area contributed by atoms with Gasteiger partial charge in [-0.2, -0.15) is 0 Å². The van der Waals surface area contributed by atoms with Crippen molar-refractivity contribution < 1.29 is 14.3 Å². The summed E-state index contributed by atoms with van der Waals surface area (Å²) in [6.07, 6.45) is 1.46. The molecule has 0 aliphatic heterocycles. The van der Waals surface area contributed by atoms with Crippen LogP contribution in [0.3, 0.4) is 0 Å². The fourth-order valence-electron chi connectivity index (χ4n) is 1.40. The summed E-state index contributed by atoms with van der Waals surface area (Å²) in [7, 11) is 0. The molecule has 0 aromatic heterocycles. The third kappa shape index (κ3) is 3.35. The zero-order valence-electron chi connectivity index (χ0n) is 9.39. The van der Waals surface area contributed by atoms with E-state index < -0.39 is 6.29 Å². The van der Waals surface area contributed by atoms with Crippen molar-refractivity contribution in [1.29, 1.82) is 0 Å². The Morgan fingerprint density at radius 3 is 2.69 bits per heavy atom. The Balaban J connectivity index is 1.71. The summed E-state index contributed by atoms with van der Waals surface area (Å²) >= 11 is 0. The Morgan fingerprint density at radius 1 is 1.38 bits per heavy atom. The smallest absolute Gasteiger partial charge is 0.311 e. The van der Waals surface area contributed by atoms with E-state index in [0.717, 1.165) is 18.4 Å². The van der Waals surface area contributed by atoms with Crippen LogP contribution in [0.2, 0.25) is 0 Å². The maximum absolute atomic E-state index is 11.3. The average Bonchev–Trinajstić information content (AvgIpc) is 3.11. The molecule has 3 heteroatoms. The van der Waals surface area contributed by atoms with E-state index in [9.17, 15) is 4.79 Å². The topological polar surface area (TPSA) is 35.5 Å². The van der Waals surface area contributed by atoms with E-state index in [2.05, 4.69) is 0 Å². The van der Waals surface area contributed by atoms with Gasteiger partial charge in [0.05, 0.1) is 12.5 Å². The second-order valence-corrected chi connectivity index (χ2v) is 4.08. The van der Waals surface area contributed by atoms with E-state index in [1.165, 1.54) is 0 Å². The molecule has 16 heavy (non-hydrogen) atoms. The number of carbonyl (C=O) groups excluding carboxylic acids is 1. The van der Waals surface area contributed by atoms with Crippen LogP contribution in [-0.2, 0) is 20.9 Å². The van der Waals surface area contributed by atoms with Gasteiger partial charge in [0.15, 0.2) is 6.29 Å². The first kappa shape index (κ1) is 11.1. The Kier molecular flexibility index (Phi) is 3.57. The third-order valence-corrected chi connectivity index (χ3v) is 2.52. The van der Waals surface area contributed by atoms with Crippen molar-refractivity contribution in [2.24, 2.45) is 5.92 Å².